The summed E-state index contributed by atoms with van der Waals surface area (Å²) in [4.78, 5) is 18.1. The lowest BCUT2D eigenvalue weighted by Gasteiger charge is -2.12. The van der Waals surface area contributed by atoms with Crippen LogP contribution in [0.4, 0.5) is 0 Å². The van der Waals surface area contributed by atoms with Gasteiger partial charge >= 0.3 is 0 Å². The van der Waals surface area contributed by atoms with Crippen molar-refractivity contribution in [2.45, 2.75) is 33.8 Å². The second-order valence-corrected chi connectivity index (χ2v) is 7.41. The van der Waals surface area contributed by atoms with Gasteiger partial charge in [-0.15, -0.1) is 0 Å². The number of aryl methyl sites for hydroxylation is 2. The van der Waals surface area contributed by atoms with Crippen LogP contribution in [0.25, 0.3) is 22.2 Å². The Morgan fingerprint density at radius 1 is 1.00 bits per heavy atom. The maximum absolute atomic E-state index is 13.3. The molecule has 2 aromatic heterocycles. The molecule has 0 bridgehead atoms. The van der Waals surface area contributed by atoms with Crippen molar-refractivity contribution in [1.82, 2.24) is 14.8 Å². The number of nitrogens with zero attached hydrogens (tertiary/aromatic N) is 3. The van der Waals surface area contributed by atoms with E-state index < -0.39 is 0 Å². The monoisotopic (exact) mass is 385 g/mol. The molecule has 2 heterocycles. The van der Waals surface area contributed by atoms with Crippen LogP contribution in [0, 0.1) is 13.8 Å². The van der Waals surface area contributed by atoms with Crippen molar-refractivity contribution in [2.75, 3.05) is 0 Å². The van der Waals surface area contributed by atoms with E-state index in [1.165, 1.54) is 4.68 Å². The van der Waals surface area contributed by atoms with Crippen LogP contribution >= 0.6 is 0 Å². The van der Waals surface area contributed by atoms with Gasteiger partial charge in [-0.1, -0.05) is 18.2 Å². The minimum Gasteiger partial charge on any atom is -0.491 e. The molecule has 0 saturated carbocycles. The van der Waals surface area contributed by atoms with E-state index in [9.17, 15) is 4.79 Å². The van der Waals surface area contributed by atoms with Crippen molar-refractivity contribution in [3.8, 4) is 17.0 Å². The maximum Gasteiger partial charge on any atom is 0.279 e. The molecule has 146 valence electrons. The van der Waals surface area contributed by atoms with Gasteiger partial charge in [0.2, 0.25) is 0 Å². The topological polar surface area (TPSA) is 57.0 Å². The Balaban J connectivity index is 1.83. The van der Waals surface area contributed by atoms with Gasteiger partial charge in [0, 0.05) is 16.6 Å². The largest absolute Gasteiger partial charge is 0.491 e. The summed E-state index contributed by atoms with van der Waals surface area (Å²) in [5.41, 5.74) is 4.65. The molecule has 0 aliphatic rings. The molecule has 0 aliphatic carbocycles. The van der Waals surface area contributed by atoms with E-state index in [0.29, 0.717) is 5.56 Å². The number of rotatable bonds is 4. The average Bonchev–Trinajstić information content (AvgIpc) is 3.04. The number of benzene rings is 2. The Morgan fingerprint density at radius 2 is 1.72 bits per heavy atom. The van der Waals surface area contributed by atoms with Gasteiger partial charge in [0.05, 0.1) is 28.6 Å². The average molecular weight is 385 g/mol. The second kappa shape index (κ2) is 7.51. The first-order valence-electron chi connectivity index (χ1n) is 9.67. The van der Waals surface area contributed by atoms with Gasteiger partial charge in [0.15, 0.2) is 0 Å². The first kappa shape index (κ1) is 18.9. The summed E-state index contributed by atoms with van der Waals surface area (Å²) in [5.74, 6) is 0.652. The summed E-state index contributed by atoms with van der Waals surface area (Å²) in [5, 5.41) is 5.18. The van der Waals surface area contributed by atoms with E-state index in [0.717, 1.165) is 39.3 Å². The molecule has 5 heteroatoms. The molecule has 0 radical (unpaired) electrons. The highest BCUT2D eigenvalue weighted by Gasteiger charge is 2.18. The normalized spacial score (nSPS) is 11.2. The molecule has 0 unspecified atom stereocenters. The minimum absolute atomic E-state index is 0.115. The summed E-state index contributed by atoms with van der Waals surface area (Å²) in [6.45, 7) is 7.76. The number of aromatic nitrogens is 3. The zero-order valence-corrected chi connectivity index (χ0v) is 17.0. The lowest BCUT2D eigenvalue weighted by molar-refractivity contribution is 0.0944. The summed E-state index contributed by atoms with van der Waals surface area (Å²) in [6.07, 6.45) is 0.115. The Morgan fingerprint density at radius 3 is 2.38 bits per heavy atom. The number of hydrogen-bond donors (Lipinski definition) is 0. The molecule has 0 fully saturated rings. The summed E-state index contributed by atoms with van der Waals surface area (Å²) >= 11 is 0. The number of carbonyl (C=O) groups excluding carboxylic acids is 1. The van der Waals surface area contributed by atoms with Crippen LogP contribution < -0.4 is 4.74 Å². The van der Waals surface area contributed by atoms with Gasteiger partial charge in [0.25, 0.3) is 5.91 Å². The van der Waals surface area contributed by atoms with Crippen molar-refractivity contribution in [2.24, 2.45) is 0 Å². The van der Waals surface area contributed by atoms with Crippen molar-refractivity contribution in [3.63, 3.8) is 0 Å². The molecule has 4 rings (SSSR count). The third-order valence-corrected chi connectivity index (χ3v) is 4.67. The minimum atomic E-state index is -0.157. The van der Waals surface area contributed by atoms with Crippen LogP contribution in [-0.2, 0) is 0 Å². The molecule has 0 amide bonds. The fourth-order valence-electron chi connectivity index (χ4n) is 3.43. The molecular weight excluding hydrogens is 362 g/mol. The lowest BCUT2D eigenvalue weighted by Crippen LogP contribution is -2.16. The molecule has 0 spiro atoms. The van der Waals surface area contributed by atoms with Crippen molar-refractivity contribution >= 4 is 16.8 Å². The van der Waals surface area contributed by atoms with Gasteiger partial charge in [0.1, 0.15) is 5.75 Å². The highest BCUT2D eigenvalue weighted by molar-refractivity contribution is 6.08. The predicted octanol–water partition coefficient (Wildman–Crippen LogP) is 5.19. The molecule has 0 aliphatic heterocycles. The molecule has 2 aromatic carbocycles. The van der Waals surface area contributed by atoms with Crippen molar-refractivity contribution in [3.05, 3.63) is 77.6 Å². The second-order valence-electron chi connectivity index (χ2n) is 7.41. The third-order valence-electron chi connectivity index (χ3n) is 4.67. The van der Waals surface area contributed by atoms with E-state index in [1.807, 2.05) is 88.4 Å². The number of para-hydroxylation sites is 1. The fraction of sp³-hybridized carbons (Fsp3) is 0.208. The number of pyridine rings is 1. The van der Waals surface area contributed by atoms with Gasteiger partial charge < -0.3 is 4.74 Å². The first-order valence-corrected chi connectivity index (χ1v) is 9.67. The quantitative estimate of drug-likeness (QED) is 0.485. The summed E-state index contributed by atoms with van der Waals surface area (Å²) < 4.78 is 7.18. The highest BCUT2D eigenvalue weighted by atomic mass is 16.5. The van der Waals surface area contributed by atoms with Crippen LogP contribution in [0.3, 0.4) is 0 Å². The van der Waals surface area contributed by atoms with E-state index in [1.54, 1.807) is 0 Å². The van der Waals surface area contributed by atoms with Gasteiger partial charge in [-0.2, -0.15) is 5.10 Å². The van der Waals surface area contributed by atoms with Crippen LogP contribution in [-0.4, -0.2) is 26.8 Å². The summed E-state index contributed by atoms with van der Waals surface area (Å²) in [6, 6.07) is 19.2. The third kappa shape index (κ3) is 3.76. The molecule has 0 saturated heterocycles. The number of hydrogen-bond acceptors (Lipinski definition) is 4. The number of fused-ring (bicyclic) bond motifs is 1. The lowest BCUT2D eigenvalue weighted by atomic mass is 10.0. The number of ether oxygens (including phenoxy) is 1. The predicted molar refractivity (Wildman–Crippen MR) is 114 cm³/mol. The molecule has 0 atom stereocenters. The van der Waals surface area contributed by atoms with Gasteiger partial charge in [-0.05, 0) is 70.2 Å². The Hall–Kier alpha value is -3.47. The van der Waals surface area contributed by atoms with E-state index >= 15 is 0 Å². The van der Waals surface area contributed by atoms with E-state index in [2.05, 4.69) is 5.10 Å². The molecular formula is C24H23N3O2. The molecule has 4 aromatic rings. The van der Waals surface area contributed by atoms with E-state index in [-0.39, 0.29) is 12.0 Å². The van der Waals surface area contributed by atoms with Crippen molar-refractivity contribution in [1.29, 1.82) is 0 Å². The first-order chi connectivity index (χ1) is 13.9. The van der Waals surface area contributed by atoms with Crippen molar-refractivity contribution < 1.29 is 9.53 Å². The number of carbonyl (C=O) groups is 1. The molecule has 29 heavy (non-hydrogen) atoms. The zero-order valence-electron chi connectivity index (χ0n) is 17.0. The molecule has 5 nitrogen and oxygen atoms in total. The van der Waals surface area contributed by atoms with Crippen LogP contribution in [0.2, 0.25) is 0 Å². The SMILES string of the molecule is Cc1cc(C)n(C(=O)c2cc(-c3ccc(OC(C)C)cc3)nc3ccccc23)n1. The molecule has 0 N–H and O–H groups in total. The van der Waals surface area contributed by atoms with Gasteiger partial charge in [-0.3, -0.25) is 4.79 Å². The zero-order chi connectivity index (χ0) is 20.5. The van der Waals surface area contributed by atoms with Crippen LogP contribution in [0.1, 0.15) is 35.6 Å². The Bertz CT molecular complexity index is 1190. The fourth-order valence-corrected chi connectivity index (χ4v) is 3.43. The Labute approximate surface area is 170 Å². The summed E-state index contributed by atoms with van der Waals surface area (Å²) in [7, 11) is 0. The smallest absolute Gasteiger partial charge is 0.279 e. The van der Waals surface area contributed by atoms with E-state index in [4.69, 9.17) is 9.72 Å². The highest BCUT2D eigenvalue weighted by Crippen LogP contribution is 2.27. The maximum atomic E-state index is 13.3. The Kier molecular flexibility index (Phi) is 4.89. The van der Waals surface area contributed by atoms with Gasteiger partial charge in [-0.25, -0.2) is 9.67 Å². The standard InChI is InChI=1S/C24H23N3O2/c1-15(2)29-19-11-9-18(10-12-19)23-14-21(20-7-5-6-8-22(20)25-23)24(28)27-17(4)13-16(3)26-27/h5-15H,1-4H3. The van der Waals surface area contributed by atoms with Crippen LogP contribution in [0.15, 0.2) is 60.7 Å². The van der Waals surface area contributed by atoms with Crippen LogP contribution in [0.5, 0.6) is 5.75 Å².